The molecule has 1 saturated heterocycles. The van der Waals surface area contributed by atoms with Crippen molar-refractivity contribution in [2.45, 2.75) is 45.6 Å². The maximum Gasteiger partial charge on any atom is 0.224 e. The van der Waals surface area contributed by atoms with E-state index in [1.54, 1.807) is 0 Å². The van der Waals surface area contributed by atoms with Crippen molar-refractivity contribution in [3.63, 3.8) is 0 Å². The summed E-state index contributed by atoms with van der Waals surface area (Å²) in [5.41, 5.74) is 0.224. The molecule has 0 aromatic heterocycles. The Labute approximate surface area is 186 Å². The molecule has 0 unspecified atom stereocenters. The van der Waals surface area contributed by atoms with Crippen LogP contribution >= 0.6 is 11.6 Å². The molecule has 1 aromatic carbocycles. The fourth-order valence-corrected chi connectivity index (χ4v) is 3.73. The summed E-state index contributed by atoms with van der Waals surface area (Å²) in [6.07, 6.45) is 3.88. The van der Waals surface area contributed by atoms with E-state index >= 15 is 0 Å². The van der Waals surface area contributed by atoms with Crippen LogP contribution in [-0.2, 0) is 14.4 Å². The van der Waals surface area contributed by atoms with Gasteiger partial charge < -0.3 is 10.6 Å². The topological polar surface area (TPSA) is 99.1 Å². The molecule has 1 heterocycles. The van der Waals surface area contributed by atoms with Crippen LogP contribution in [0.2, 0.25) is 5.02 Å². The number of hydrogen-bond donors (Lipinski definition) is 2. The summed E-state index contributed by atoms with van der Waals surface area (Å²) in [5.74, 6) is -2.13. The van der Waals surface area contributed by atoms with Crippen LogP contribution in [0.1, 0.15) is 45.1 Å². The van der Waals surface area contributed by atoms with E-state index in [4.69, 9.17) is 11.6 Å². The van der Waals surface area contributed by atoms with Crippen LogP contribution < -0.4 is 10.6 Å². The average Bonchev–Trinajstić information content (AvgIpc) is 3.10. The minimum Gasteiger partial charge on any atom is -0.356 e. The zero-order chi connectivity index (χ0) is 23.0. The van der Waals surface area contributed by atoms with Gasteiger partial charge in [0.05, 0.1) is 6.07 Å². The van der Waals surface area contributed by atoms with Crippen LogP contribution in [0.3, 0.4) is 0 Å². The van der Waals surface area contributed by atoms with Gasteiger partial charge in [-0.05, 0) is 49.5 Å². The number of carbonyl (C=O) groups excluding carboxylic acids is 3. The van der Waals surface area contributed by atoms with Crippen molar-refractivity contribution in [3.8, 4) is 6.07 Å². The van der Waals surface area contributed by atoms with Gasteiger partial charge in [-0.25, -0.2) is 4.39 Å². The molecule has 0 aliphatic carbocycles. The lowest BCUT2D eigenvalue weighted by atomic mass is 9.90. The summed E-state index contributed by atoms with van der Waals surface area (Å²) in [7, 11) is 0. The maximum atomic E-state index is 13.9. The number of rotatable bonds is 10. The highest BCUT2D eigenvalue weighted by Gasteiger charge is 2.30. The lowest BCUT2D eigenvalue weighted by molar-refractivity contribution is -0.129. The molecule has 31 heavy (non-hydrogen) atoms. The van der Waals surface area contributed by atoms with Gasteiger partial charge in [0.25, 0.3) is 0 Å². The number of halogens is 2. The molecule has 0 saturated carbocycles. The summed E-state index contributed by atoms with van der Waals surface area (Å²) < 4.78 is 13.9. The number of nitrogens with zero attached hydrogens (tertiary/aromatic N) is 1. The van der Waals surface area contributed by atoms with Gasteiger partial charge >= 0.3 is 0 Å². The molecule has 1 aliphatic heterocycles. The van der Waals surface area contributed by atoms with Crippen molar-refractivity contribution in [2.75, 3.05) is 6.54 Å². The van der Waals surface area contributed by atoms with Crippen molar-refractivity contribution in [3.05, 3.63) is 40.7 Å². The van der Waals surface area contributed by atoms with Crippen LogP contribution in [0.25, 0.3) is 6.08 Å². The Balaban J connectivity index is 2.01. The zero-order valence-electron chi connectivity index (χ0n) is 17.7. The highest BCUT2D eigenvalue weighted by Crippen LogP contribution is 2.20. The first-order valence-electron chi connectivity index (χ1n) is 10.3. The SMILES string of the molecule is CC(C)C[C@H](CC(=O)/C=C/c1ccc(Cl)cc1F)C(=O)N[C@H](C#N)C[C@@H]1CCNC1=O. The third kappa shape index (κ3) is 7.80. The van der Waals surface area contributed by atoms with Crippen molar-refractivity contribution in [2.24, 2.45) is 17.8 Å². The van der Waals surface area contributed by atoms with E-state index in [-0.39, 0.29) is 47.0 Å². The van der Waals surface area contributed by atoms with Crippen molar-refractivity contribution in [1.29, 1.82) is 5.26 Å². The van der Waals surface area contributed by atoms with Gasteiger partial charge in [-0.3, -0.25) is 14.4 Å². The molecule has 6 nitrogen and oxygen atoms in total. The van der Waals surface area contributed by atoms with E-state index in [0.29, 0.717) is 19.4 Å². The normalized spacial score (nSPS) is 17.9. The number of nitrogens with one attached hydrogen (secondary N) is 2. The molecule has 1 aliphatic rings. The first-order chi connectivity index (χ1) is 14.7. The van der Waals surface area contributed by atoms with Gasteiger partial charge in [-0.15, -0.1) is 0 Å². The first kappa shape index (κ1) is 24.5. The molecule has 166 valence electrons. The monoisotopic (exact) mass is 447 g/mol. The molecule has 2 rings (SSSR count). The standard InChI is InChI=1S/C23H27ClFN3O3/c1-14(2)9-17(11-20(29)6-4-15-3-5-18(24)12-21(15)25)23(31)28-19(13-26)10-16-7-8-27-22(16)30/h3-6,12,14,16-17,19H,7-11H2,1-2H3,(H,27,30)(H,28,31)/b6-4+/t16-,17+,19-/m0/s1. The van der Waals surface area contributed by atoms with Crippen molar-refractivity contribution >= 4 is 35.3 Å². The smallest absolute Gasteiger partial charge is 0.224 e. The lowest BCUT2D eigenvalue weighted by Gasteiger charge is -2.21. The Hall–Kier alpha value is -2.72. The van der Waals surface area contributed by atoms with E-state index in [2.05, 4.69) is 10.6 Å². The number of benzene rings is 1. The summed E-state index contributed by atoms with van der Waals surface area (Å²) in [5, 5.41) is 15.1. The van der Waals surface area contributed by atoms with Gasteiger partial charge in [0.15, 0.2) is 5.78 Å². The molecule has 1 fully saturated rings. The Morgan fingerprint density at radius 1 is 1.42 bits per heavy atom. The lowest BCUT2D eigenvalue weighted by Crippen LogP contribution is -2.41. The second-order valence-corrected chi connectivity index (χ2v) is 8.64. The average molecular weight is 448 g/mol. The summed E-state index contributed by atoms with van der Waals surface area (Å²) in [6.45, 7) is 4.45. The highest BCUT2D eigenvalue weighted by atomic mass is 35.5. The first-order valence-corrected chi connectivity index (χ1v) is 10.7. The molecule has 1 aromatic rings. The van der Waals surface area contributed by atoms with E-state index in [9.17, 15) is 24.0 Å². The summed E-state index contributed by atoms with van der Waals surface area (Å²) >= 11 is 5.73. The number of hydrogen-bond acceptors (Lipinski definition) is 4. The largest absolute Gasteiger partial charge is 0.356 e. The molecule has 8 heteroatoms. The van der Waals surface area contributed by atoms with Crippen LogP contribution in [0, 0.1) is 34.9 Å². The van der Waals surface area contributed by atoms with Crippen LogP contribution in [0.4, 0.5) is 4.39 Å². The van der Waals surface area contributed by atoms with Gasteiger partial charge in [-0.2, -0.15) is 5.26 Å². The van der Waals surface area contributed by atoms with E-state index in [0.717, 1.165) is 6.07 Å². The molecule has 2 N–H and O–H groups in total. The minimum atomic E-state index is -0.801. The quantitative estimate of drug-likeness (QED) is 0.535. The molecular formula is C23H27ClFN3O3. The van der Waals surface area contributed by atoms with Crippen LogP contribution in [0.15, 0.2) is 24.3 Å². The van der Waals surface area contributed by atoms with Crippen molar-refractivity contribution in [1.82, 2.24) is 10.6 Å². The third-order valence-electron chi connectivity index (χ3n) is 5.14. The molecule has 0 bridgehead atoms. The van der Waals surface area contributed by atoms with Crippen molar-refractivity contribution < 1.29 is 18.8 Å². The number of carbonyl (C=O) groups is 3. The molecular weight excluding hydrogens is 421 g/mol. The van der Waals surface area contributed by atoms with E-state index < -0.39 is 23.7 Å². The zero-order valence-corrected chi connectivity index (χ0v) is 18.4. The highest BCUT2D eigenvalue weighted by molar-refractivity contribution is 6.30. The fraction of sp³-hybridized carbons (Fsp3) is 0.478. The van der Waals surface area contributed by atoms with Gasteiger partial charge in [0.2, 0.25) is 11.8 Å². The van der Waals surface area contributed by atoms with Gasteiger partial charge in [0.1, 0.15) is 11.9 Å². The van der Waals surface area contributed by atoms with Gasteiger partial charge in [-0.1, -0.05) is 31.5 Å². The Morgan fingerprint density at radius 2 is 2.16 bits per heavy atom. The number of allylic oxidation sites excluding steroid dienone is 1. The van der Waals surface area contributed by atoms with Crippen LogP contribution in [-0.4, -0.2) is 30.2 Å². The Morgan fingerprint density at radius 3 is 2.74 bits per heavy atom. The predicted molar refractivity (Wildman–Crippen MR) is 116 cm³/mol. The number of nitriles is 1. The molecule has 2 amide bonds. The second-order valence-electron chi connectivity index (χ2n) is 8.20. The van der Waals surface area contributed by atoms with E-state index in [1.807, 2.05) is 19.9 Å². The number of amides is 2. The van der Waals surface area contributed by atoms with Crippen LogP contribution in [0.5, 0.6) is 0 Å². The molecule has 3 atom stereocenters. The number of ketones is 1. The third-order valence-corrected chi connectivity index (χ3v) is 5.38. The van der Waals surface area contributed by atoms with Gasteiger partial charge in [0, 0.05) is 35.4 Å². The second kappa shape index (κ2) is 11.6. The molecule has 0 radical (unpaired) electrons. The Kier molecular flexibility index (Phi) is 9.20. The minimum absolute atomic E-state index is 0.0578. The summed E-state index contributed by atoms with van der Waals surface area (Å²) in [6, 6.07) is 5.39. The van der Waals surface area contributed by atoms with E-state index in [1.165, 1.54) is 24.3 Å². The summed E-state index contributed by atoms with van der Waals surface area (Å²) in [4.78, 5) is 37.0. The molecule has 0 spiro atoms. The Bertz CT molecular complexity index is 895. The fourth-order valence-electron chi connectivity index (χ4n) is 3.57. The maximum absolute atomic E-state index is 13.9. The predicted octanol–water partition coefficient (Wildman–Crippen LogP) is 3.65.